The fourth-order valence-corrected chi connectivity index (χ4v) is 1.99. The van der Waals surface area contributed by atoms with Crippen molar-refractivity contribution in [2.75, 3.05) is 6.54 Å². The third kappa shape index (κ3) is 4.33. The highest BCUT2D eigenvalue weighted by Gasteiger charge is 2.06. The summed E-state index contributed by atoms with van der Waals surface area (Å²) in [5.41, 5.74) is 7.35. The van der Waals surface area contributed by atoms with Crippen LogP contribution in [0.2, 0.25) is 0 Å². The van der Waals surface area contributed by atoms with Gasteiger partial charge in [-0.1, -0.05) is 15.9 Å². The van der Waals surface area contributed by atoms with E-state index in [-0.39, 0.29) is 11.9 Å². The highest BCUT2D eigenvalue weighted by atomic mass is 79.9. The normalized spacial score (nSPS) is 12.2. The molecule has 0 saturated heterocycles. The molecule has 0 aliphatic rings. The number of nitrogens with two attached hydrogens (primary N) is 1. The maximum atomic E-state index is 11.8. The van der Waals surface area contributed by atoms with Crippen molar-refractivity contribution < 1.29 is 4.79 Å². The molecule has 1 rings (SSSR count). The first-order chi connectivity index (χ1) is 7.49. The zero-order chi connectivity index (χ0) is 12.1. The second kappa shape index (κ2) is 6.01. The van der Waals surface area contributed by atoms with Gasteiger partial charge in [0.1, 0.15) is 0 Å². The number of carbonyl (C=O) groups is 1. The van der Waals surface area contributed by atoms with E-state index in [0.717, 1.165) is 16.5 Å². The summed E-state index contributed by atoms with van der Waals surface area (Å²) in [7, 11) is 0. The van der Waals surface area contributed by atoms with Crippen LogP contribution in [0.5, 0.6) is 0 Å². The van der Waals surface area contributed by atoms with Crippen molar-refractivity contribution in [3.05, 3.63) is 33.8 Å². The summed E-state index contributed by atoms with van der Waals surface area (Å²) in [5, 5.41) is 2.84. The highest BCUT2D eigenvalue weighted by Crippen LogP contribution is 2.15. The molecule has 0 heterocycles. The average molecular weight is 285 g/mol. The van der Waals surface area contributed by atoms with Crippen LogP contribution in [0.25, 0.3) is 0 Å². The standard InChI is InChI=1S/C12H17BrN2O/c1-8-5-10(7-11(13)6-8)12(16)15-4-3-9(2)14/h5-7,9H,3-4,14H2,1-2H3,(H,15,16). The predicted molar refractivity (Wildman–Crippen MR) is 69.5 cm³/mol. The molecule has 0 radical (unpaired) electrons. The van der Waals surface area contributed by atoms with Gasteiger partial charge < -0.3 is 11.1 Å². The molecule has 3 N–H and O–H groups in total. The number of hydrogen-bond acceptors (Lipinski definition) is 2. The molecule has 0 spiro atoms. The second-order valence-corrected chi connectivity index (χ2v) is 4.95. The molecule has 4 heteroatoms. The van der Waals surface area contributed by atoms with Gasteiger partial charge in [0.05, 0.1) is 0 Å². The van der Waals surface area contributed by atoms with Gasteiger partial charge in [-0.25, -0.2) is 0 Å². The van der Waals surface area contributed by atoms with Crippen molar-refractivity contribution in [2.45, 2.75) is 26.3 Å². The van der Waals surface area contributed by atoms with Crippen molar-refractivity contribution in [3.8, 4) is 0 Å². The molecule has 1 amide bonds. The highest BCUT2D eigenvalue weighted by molar-refractivity contribution is 9.10. The smallest absolute Gasteiger partial charge is 0.251 e. The molecule has 0 aromatic heterocycles. The Labute approximate surface area is 105 Å². The van der Waals surface area contributed by atoms with Gasteiger partial charge in [-0.05, 0) is 44.0 Å². The minimum atomic E-state index is -0.0509. The third-order valence-electron chi connectivity index (χ3n) is 2.19. The van der Waals surface area contributed by atoms with Gasteiger partial charge in [-0.15, -0.1) is 0 Å². The lowest BCUT2D eigenvalue weighted by Gasteiger charge is -2.08. The average Bonchev–Trinajstić information content (AvgIpc) is 2.15. The monoisotopic (exact) mass is 284 g/mol. The van der Waals surface area contributed by atoms with Crippen LogP contribution in [-0.2, 0) is 0 Å². The molecule has 3 nitrogen and oxygen atoms in total. The quantitative estimate of drug-likeness (QED) is 0.891. The van der Waals surface area contributed by atoms with Gasteiger partial charge in [-0.2, -0.15) is 0 Å². The summed E-state index contributed by atoms with van der Waals surface area (Å²) in [4.78, 5) is 11.8. The van der Waals surface area contributed by atoms with Crippen LogP contribution in [0.3, 0.4) is 0 Å². The fourth-order valence-electron chi connectivity index (χ4n) is 1.38. The Bertz CT molecular complexity index is 357. The van der Waals surface area contributed by atoms with Gasteiger partial charge >= 0.3 is 0 Å². The van der Waals surface area contributed by atoms with Gasteiger partial charge in [0.15, 0.2) is 0 Å². The molecule has 0 aliphatic heterocycles. The topological polar surface area (TPSA) is 55.1 Å². The van der Waals surface area contributed by atoms with Gasteiger partial charge in [0.25, 0.3) is 5.91 Å². The molecular weight excluding hydrogens is 268 g/mol. The Morgan fingerprint density at radius 1 is 1.50 bits per heavy atom. The summed E-state index contributed by atoms with van der Waals surface area (Å²) in [6.45, 7) is 4.50. The minimum absolute atomic E-state index is 0.0509. The molecule has 1 aromatic carbocycles. The van der Waals surface area contributed by atoms with E-state index >= 15 is 0 Å². The summed E-state index contributed by atoms with van der Waals surface area (Å²) >= 11 is 3.37. The Kier molecular flexibility index (Phi) is 4.96. The number of aryl methyl sites for hydroxylation is 1. The number of benzene rings is 1. The molecule has 0 bridgehead atoms. The van der Waals surface area contributed by atoms with Crippen molar-refractivity contribution in [1.29, 1.82) is 0 Å². The van der Waals surface area contributed by atoms with E-state index in [4.69, 9.17) is 5.73 Å². The fraction of sp³-hybridized carbons (Fsp3) is 0.417. The van der Waals surface area contributed by atoms with E-state index < -0.39 is 0 Å². The van der Waals surface area contributed by atoms with Gasteiger partial charge in [0, 0.05) is 22.6 Å². The van der Waals surface area contributed by atoms with Crippen LogP contribution < -0.4 is 11.1 Å². The van der Waals surface area contributed by atoms with Crippen LogP contribution in [0.4, 0.5) is 0 Å². The van der Waals surface area contributed by atoms with Crippen LogP contribution in [-0.4, -0.2) is 18.5 Å². The summed E-state index contributed by atoms with van der Waals surface area (Å²) < 4.78 is 0.921. The van der Waals surface area contributed by atoms with Crippen LogP contribution in [0, 0.1) is 6.92 Å². The Morgan fingerprint density at radius 2 is 2.19 bits per heavy atom. The third-order valence-corrected chi connectivity index (χ3v) is 2.65. The van der Waals surface area contributed by atoms with E-state index in [0.29, 0.717) is 12.1 Å². The maximum Gasteiger partial charge on any atom is 0.251 e. The SMILES string of the molecule is Cc1cc(Br)cc(C(=O)NCCC(C)N)c1. The predicted octanol–water partition coefficient (Wildman–Crippen LogP) is 2.22. The number of amides is 1. The molecular formula is C12H17BrN2O. The van der Waals surface area contributed by atoms with Crippen molar-refractivity contribution >= 4 is 21.8 Å². The van der Waals surface area contributed by atoms with E-state index in [1.807, 2.05) is 32.0 Å². The lowest BCUT2D eigenvalue weighted by Crippen LogP contribution is -2.28. The van der Waals surface area contributed by atoms with Gasteiger partial charge in [0.2, 0.25) is 0 Å². The molecule has 0 aliphatic carbocycles. The van der Waals surface area contributed by atoms with Crippen molar-refractivity contribution in [2.24, 2.45) is 5.73 Å². The van der Waals surface area contributed by atoms with Crippen LogP contribution in [0.15, 0.2) is 22.7 Å². The lowest BCUT2D eigenvalue weighted by atomic mass is 10.1. The zero-order valence-corrected chi connectivity index (χ0v) is 11.2. The maximum absolute atomic E-state index is 11.8. The molecule has 0 saturated carbocycles. The van der Waals surface area contributed by atoms with Crippen molar-refractivity contribution in [1.82, 2.24) is 5.32 Å². The molecule has 1 unspecified atom stereocenters. The summed E-state index contributed by atoms with van der Waals surface area (Å²) in [5.74, 6) is -0.0509. The van der Waals surface area contributed by atoms with Crippen LogP contribution in [0.1, 0.15) is 29.3 Å². The van der Waals surface area contributed by atoms with E-state index in [2.05, 4.69) is 21.2 Å². The van der Waals surface area contributed by atoms with Gasteiger partial charge in [-0.3, -0.25) is 4.79 Å². The number of halogens is 1. The molecule has 1 atom stereocenters. The first kappa shape index (κ1) is 13.2. The van der Waals surface area contributed by atoms with E-state index in [9.17, 15) is 4.79 Å². The Balaban J connectivity index is 2.59. The number of carbonyl (C=O) groups excluding carboxylic acids is 1. The zero-order valence-electron chi connectivity index (χ0n) is 9.59. The van der Waals surface area contributed by atoms with Crippen LogP contribution >= 0.6 is 15.9 Å². The lowest BCUT2D eigenvalue weighted by molar-refractivity contribution is 0.0952. The molecule has 1 aromatic rings. The largest absolute Gasteiger partial charge is 0.352 e. The molecule has 16 heavy (non-hydrogen) atoms. The van der Waals surface area contributed by atoms with Crippen molar-refractivity contribution in [3.63, 3.8) is 0 Å². The number of rotatable bonds is 4. The first-order valence-electron chi connectivity index (χ1n) is 5.30. The summed E-state index contributed by atoms with van der Waals surface area (Å²) in [6.07, 6.45) is 0.790. The molecule has 0 fully saturated rings. The minimum Gasteiger partial charge on any atom is -0.352 e. The van der Waals surface area contributed by atoms with E-state index in [1.54, 1.807) is 0 Å². The summed E-state index contributed by atoms with van der Waals surface area (Å²) in [6, 6.07) is 5.77. The first-order valence-corrected chi connectivity index (χ1v) is 6.09. The van der Waals surface area contributed by atoms with E-state index in [1.165, 1.54) is 0 Å². The Morgan fingerprint density at radius 3 is 2.75 bits per heavy atom. The number of hydrogen-bond donors (Lipinski definition) is 2. The number of nitrogens with one attached hydrogen (secondary N) is 1. The second-order valence-electron chi connectivity index (χ2n) is 4.04. The Hall–Kier alpha value is -0.870. The molecule has 88 valence electrons.